The van der Waals surface area contributed by atoms with Crippen molar-refractivity contribution in [2.45, 2.75) is 46.8 Å². The Morgan fingerprint density at radius 1 is 1.31 bits per heavy atom. The molecule has 0 aromatic heterocycles. The smallest absolute Gasteiger partial charge is 0.0756 e. The highest BCUT2D eigenvalue weighted by Gasteiger charge is 2.36. The van der Waals surface area contributed by atoms with Crippen LogP contribution < -0.4 is 5.32 Å². The van der Waals surface area contributed by atoms with Crippen LogP contribution in [0.25, 0.3) is 0 Å². The molecule has 1 fully saturated rings. The van der Waals surface area contributed by atoms with E-state index >= 15 is 0 Å². The van der Waals surface area contributed by atoms with Gasteiger partial charge in [-0.25, -0.2) is 0 Å². The first-order chi connectivity index (χ1) is 5.93. The minimum Gasteiger partial charge on any atom is -0.375 e. The first-order valence-corrected chi connectivity index (χ1v) is 5.28. The Kier molecular flexibility index (Phi) is 3.36. The third kappa shape index (κ3) is 2.68. The highest BCUT2D eigenvalue weighted by molar-refractivity contribution is 4.91. The van der Waals surface area contributed by atoms with Gasteiger partial charge in [-0.1, -0.05) is 34.6 Å². The van der Waals surface area contributed by atoms with Crippen molar-refractivity contribution >= 4 is 0 Å². The van der Waals surface area contributed by atoms with Crippen LogP contribution >= 0.6 is 0 Å². The Bertz CT molecular complexity index is 160. The van der Waals surface area contributed by atoms with Crippen LogP contribution in [0.3, 0.4) is 0 Å². The maximum Gasteiger partial charge on any atom is 0.0756 e. The van der Waals surface area contributed by atoms with Crippen molar-refractivity contribution in [1.29, 1.82) is 0 Å². The van der Waals surface area contributed by atoms with Crippen molar-refractivity contribution in [1.82, 2.24) is 5.32 Å². The molecule has 1 rings (SSSR count). The number of nitrogens with one attached hydrogen (secondary N) is 1. The summed E-state index contributed by atoms with van der Waals surface area (Å²) >= 11 is 0. The van der Waals surface area contributed by atoms with Gasteiger partial charge in [0.25, 0.3) is 0 Å². The van der Waals surface area contributed by atoms with Crippen LogP contribution in [0.15, 0.2) is 0 Å². The molecular formula is C11H23NO. The summed E-state index contributed by atoms with van der Waals surface area (Å²) in [5.74, 6) is 0.594. The number of ether oxygens (including phenoxy) is 1. The third-order valence-electron chi connectivity index (χ3n) is 2.70. The van der Waals surface area contributed by atoms with E-state index in [1.807, 2.05) is 0 Å². The fourth-order valence-corrected chi connectivity index (χ4v) is 2.00. The fraction of sp³-hybridized carbons (Fsp3) is 1.00. The van der Waals surface area contributed by atoms with Crippen LogP contribution in [-0.2, 0) is 4.74 Å². The number of rotatable bonds is 1. The zero-order valence-corrected chi connectivity index (χ0v) is 9.55. The Morgan fingerprint density at radius 3 is 2.31 bits per heavy atom. The molecule has 0 amide bonds. The molecule has 2 unspecified atom stereocenters. The summed E-state index contributed by atoms with van der Waals surface area (Å²) < 4.78 is 5.82. The summed E-state index contributed by atoms with van der Waals surface area (Å²) in [5, 5.41) is 3.57. The van der Waals surface area contributed by atoms with E-state index in [1.165, 1.54) is 0 Å². The Labute approximate surface area is 82.0 Å². The van der Waals surface area contributed by atoms with Gasteiger partial charge in [-0.3, -0.25) is 0 Å². The van der Waals surface area contributed by atoms with Gasteiger partial charge in [0.15, 0.2) is 0 Å². The zero-order chi connectivity index (χ0) is 10.1. The van der Waals surface area contributed by atoms with Gasteiger partial charge < -0.3 is 10.1 Å². The van der Waals surface area contributed by atoms with Gasteiger partial charge >= 0.3 is 0 Å². The molecule has 0 aliphatic carbocycles. The normalized spacial score (nSPS) is 30.9. The van der Waals surface area contributed by atoms with E-state index in [4.69, 9.17) is 4.74 Å². The van der Waals surface area contributed by atoms with E-state index in [2.05, 4.69) is 39.9 Å². The van der Waals surface area contributed by atoms with Crippen molar-refractivity contribution in [3.63, 3.8) is 0 Å². The standard InChI is InChI=1S/C11H23NO/c1-8(2)9-10(11(3,4)5)12-6-7-13-9/h8-10,12H,6-7H2,1-5H3. The summed E-state index contributed by atoms with van der Waals surface area (Å²) in [6.07, 6.45) is 0.369. The molecule has 0 radical (unpaired) electrons. The molecule has 0 aromatic carbocycles. The lowest BCUT2D eigenvalue weighted by Gasteiger charge is -2.42. The summed E-state index contributed by atoms with van der Waals surface area (Å²) in [6, 6.07) is 0.487. The average molecular weight is 185 g/mol. The maximum absolute atomic E-state index is 5.82. The Morgan fingerprint density at radius 2 is 1.92 bits per heavy atom. The highest BCUT2D eigenvalue weighted by Crippen LogP contribution is 2.28. The minimum absolute atomic E-state index is 0.287. The topological polar surface area (TPSA) is 21.3 Å². The van der Waals surface area contributed by atoms with Crippen LogP contribution in [0.1, 0.15) is 34.6 Å². The van der Waals surface area contributed by atoms with E-state index in [-0.39, 0.29) is 5.41 Å². The summed E-state index contributed by atoms with van der Waals surface area (Å²) in [5.41, 5.74) is 0.287. The largest absolute Gasteiger partial charge is 0.375 e. The molecule has 2 heteroatoms. The van der Waals surface area contributed by atoms with E-state index in [1.54, 1.807) is 0 Å². The summed E-state index contributed by atoms with van der Waals surface area (Å²) in [6.45, 7) is 13.1. The molecule has 0 saturated carbocycles. The van der Waals surface area contributed by atoms with Gasteiger partial charge in [0, 0.05) is 12.6 Å². The lowest BCUT2D eigenvalue weighted by Crippen LogP contribution is -2.56. The molecule has 0 bridgehead atoms. The van der Waals surface area contributed by atoms with E-state index < -0.39 is 0 Å². The van der Waals surface area contributed by atoms with Crippen molar-refractivity contribution < 1.29 is 4.74 Å². The maximum atomic E-state index is 5.82. The van der Waals surface area contributed by atoms with Crippen LogP contribution in [0.2, 0.25) is 0 Å². The van der Waals surface area contributed by atoms with Gasteiger partial charge in [0.05, 0.1) is 12.7 Å². The van der Waals surface area contributed by atoms with Crippen molar-refractivity contribution in [2.75, 3.05) is 13.2 Å². The number of hydrogen-bond donors (Lipinski definition) is 1. The zero-order valence-electron chi connectivity index (χ0n) is 9.55. The average Bonchev–Trinajstić information content (AvgIpc) is 2.03. The number of morpholine rings is 1. The molecule has 1 saturated heterocycles. The Hall–Kier alpha value is -0.0800. The van der Waals surface area contributed by atoms with Crippen LogP contribution in [-0.4, -0.2) is 25.3 Å². The predicted octanol–water partition coefficient (Wildman–Crippen LogP) is 2.05. The third-order valence-corrected chi connectivity index (χ3v) is 2.70. The highest BCUT2D eigenvalue weighted by atomic mass is 16.5. The number of hydrogen-bond acceptors (Lipinski definition) is 2. The van der Waals surface area contributed by atoms with Gasteiger partial charge in [-0.05, 0) is 11.3 Å². The quantitative estimate of drug-likeness (QED) is 0.675. The van der Waals surface area contributed by atoms with Gasteiger partial charge in [0.1, 0.15) is 0 Å². The molecule has 78 valence electrons. The Balaban J connectivity index is 2.67. The molecule has 2 atom stereocenters. The molecular weight excluding hydrogens is 162 g/mol. The van der Waals surface area contributed by atoms with E-state index in [0.717, 1.165) is 13.2 Å². The molecule has 0 aromatic rings. The van der Waals surface area contributed by atoms with Crippen LogP contribution in [0, 0.1) is 11.3 Å². The molecule has 1 N–H and O–H groups in total. The van der Waals surface area contributed by atoms with Crippen LogP contribution in [0.4, 0.5) is 0 Å². The van der Waals surface area contributed by atoms with Crippen molar-refractivity contribution in [2.24, 2.45) is 11.3 Å². The lowest BCUT2D eigenvalue weighted by molar-refractivity contribution is -0.0590. The van der Waals surface area contributed by atoms with Gasteiger partial charge in [-0.2, -0.15) is 0 Å². The van der Waals surface area contributed by atoms with Crippen molar-refractivity contribution in [3.05, 3.63) is 0 Å². The molecule has 13 heavy (non-hydrogen) atoms. The monoisotopic (exact) mass is 185 g/mol. The predicted molar refractivity (Wildman–Crippen MR) is 55.8 cm³/mol. The molecule has 2 nitrogen and oxygen atoms in total. The second-order valence-electron chi connectivity index (χ2n) is 5.38. The first kappa shape index (κ1) is 11.0. The minimum atomic E-state index is 0.287. The molecule has 0 spiro atoms. The summed E-state index contributed by atoms with van der Waals surface area (Å²) in [7, 11) is 0. The summed E-state index contributed by atoms with van der Waals surface area (Å²) in [4.78, 5) is 0. The first-order valence-electron chi connectivity index (χ1n) is 5.28. The van der Waals surface area contributed by atoms with Crippen molar-refractivity contribution in [3.8, 4) is 0 Å². The molecule has 1 heterocycles. The lowest BCUT2D eigenvalue weighted by atomic mass is 9.79. The van der Waals surface area contributed by atoms with Gasteiger partial charge in [0.2, 0.25) is 0 Å². The second-order valence-corrected chi connectivity index (χ2v) is 5.38. The SMILES string of the molecule is CC(C)C1OCCNC1C(C)(C)C. The van der Waals surface area contributed by atoms with Gasteiger partial charge in [-0.15, -0.1) is 0 Å². The van der Waals surface area contributed by atoms with Crippen LogP contribution in [0.5, 0.6) is 0 Å². The molecule has 1 aliphatic rings. The molecule has 1 aliphatic heterocycles. The fourth-order valence-electron chi connectivity index (χ4n) is 2.00. The van der Waals surface area contributed by atoms with E-state index in [0.29, 0.717) is 18.1 Å². The van der Waals surface area contributed by atoms with E-state index in [9.17, 15) is 0 Å². The second kappa shape index (κ2) is 3.97.